The lowest BCUT2D eigenvalue weighted by molar-refractivity contribution is -0.167. The number of carbonyl (C=O) groups excluding carboxylic acids is 2. The van der Waals surface area contributed by atoms with Gasteiger partial charge < -0.3 is 15.4 Å². The summed E-state index contributed by atoms with van der Waals surface area (Å²) in [5.41, 5.74) is 0.00700. The number of thiophene rings is 1. The number of carbonyl (C=O) groups is 2. The molecule has 3 aliphatic heterocycles. The molecule has 0 radical (unpaired) electrons. The van der Waals surface area contributed by atoms with Gasteiger partial charge in [-0.05, 0) is 75.2 Å². The van der Waals surface area contributed by atoms with E-state index < -0.39 is 12.1 Å². The highest BCUT2D eigenvalue weighted by atomic mass is 32.1. The van der Waals surface area contributed by atoms with Crippen LogP contribution in [0.1, 0.15) is 29.4 Å². The van der Waals surface area contributed by atoms with Crippen molar-refractivity contribution in [2.24, 2.45) is 5.92 Å². The molecular weight excluding hydrogens is 431 g/mol. The van der Waals surface area contributed by atoms with Crippen LogP contribution in [0.5, 0.6) is 10.8 Å². The summed E-state index contributed by atoms with van der Waals surface area (Å²) in [6.07, 6.45) is -2.74. The summed E-state index contributed by atoms with van der Waals surface area (Å²) >= 11 is 1.20. The minimum atomic E-state index is -4.95. The Morgan fingerprint density at radius 1 is 1.10 bits per heavy atom. The molecule has 2 N–H and O–H groups in total. The van der Waals surface area contributed by atoms with Crippen LogP contribution in [-0.2, 0) is 4.79 Å². The Bertz CT molecular complexity index is 951. The Morgan fingerprint density at radius 2 is 1.77 bits per heavy atom. The first-order chi connectivity index (χ1) is 14.7. The van der Waals surface area contributed by atoms with E-state index in [0.29, 0.717) is 27.6 Å². The van der Waals surface area contributed by atoms with Gasteiger partial charge in [-0.3, -0.25) is 14.5 Å². The normalized spacial score (nSPS) is 25.2. The van der Waals surface area contributed by atoms with Gasteiger partial charge in [0.1, 0.15) is 5.75 Å². The second-order valence-corrected chi connectivity index (χ2v) is 8.86. The number of amides is 2. The third-order valence-electron chi connectivity index (χ3n) is 5.87. The van der Waals surface area contributed by atoms with E-state index in [2.05, 4.69) is 17.1 Å². The molecule has 3 fully saturated rings. The van der Waals surface area contributed by atoms with E-state index in [0.717, 1.165) is 25.9 Å². The lowest BCUT2D eigenvalue weighted by Gasteiger charge is -2.49. The number of ether oxygens (including phenoxy) is 1. The monoisotopic (exact) mass is 453 g/mol. The number of anilines is 1. The molecule has 166 valence electrons. The van der Waals surface area contributed by atoms with Crippen molar-refractivity contribution in [3.63, 3.8) is 0 Å². The van der Waals surface area contributed by atoms with Crippen molar-refractivity contribution >= 4 is 28.8 Å². The summed E-state index contributed by atoms with van der Waals surface area (Å²) in [6, 6.07) is 9.35. The summed E-state index contributed by atoms with van der Waals surface area (Å²) in [5, 5.41) is 5.43. The van der Waals surface area contributed by atoms with Crippen molar-refractivity contribution < 1.29 is 27.5 Å². The maximum Gasteiger partial charge on any atom is 0.471 e. The molecule has 2 atom stereocenters. The first-order valence-electron chi connectivity index (χ1n) is 10.0. The third-order valence-corrected chi connectivity index (χ3v) is 6.83. The summed E-state index contributed by atoms with van der Waals surface area (Å²) in [5.74, 6) is -1.27. The van der Waals surface area contributed by atoms with Gasteiger partial charge in [0.25, 0.3) is 5.91 Å². The maximum atomic E-state index is 12.7. The Labute approximate surface area is 181 Å². The molecule has 2 bridgehead atoms. The topological polar surface area (TPSA) is 70.7 Å². The molecule has 1 aromatic carbocycles. The van der Waals surface area contributed by atoms with Crippen LogP contribution in [-0.4, -0.2) is 48.1 Å². The number of nitrogens with one attached hydrogen (secondary N) is 2. The highest BCUT2D eigenvalue weighted by Crippen LogP contribution is 2.34. The second-order valence-electron chi connectivity index (χ2n) is 7.81. The molecule has 1 aromatic heterocycles. The van der Waals surface area contributed by atoms with Crippen LogP contribution in [0.4, 0.5) is 18.9 Å². The Balaban J connectivity index is 1.34. The van der Waals surface area contributed by atoms with Crippen molar-refractivity contribution in [3.8, 4) is 10.8 Å². The Kier molecular flexibility index (Phi) is 5.94. The van der Waals surface area contributed by atoms with Crippen molar-refractivity contribution in [1.29, 1.82) is 0 Å². The highest BCUT2D eigenvalue weighted by molar-refractivity contribution is 7.15. The molecule has 31 heavy (non-hydrogen) atoms. The molecule has 10 heteroatoms. The summed E-state index contributed by atoms with van der Waals surface area (Å²) in [7, 11) is 0. The molecule has 5 rings (SSSR count). The molecule has 3 aliphatic rings. The van der Waals surface area contributed by atoms with E-state index in [4.69, 9.17) is 4.74 Å². The largest absolute Gasteiger partial charge is 0.471 e. The van der Waals surface area contributed by atoms with Crippen LogP contribution in [0.3, 0.4) is 0 Å². The standard InChI is InChI=1S/C21H22F3N3O3S/c1-12-18(13-8-10-27(12)11-9-13)26-19(28)16-6-7-17(31-16)30-15-4-2-14(3-5-15)25-20(29)21(22,23)24/h2-7,12-13,18H,8-11H2,1H3,(H,25,29)(H,26,28)/t12-,18-/m0/s1. The van der Waals surface area contributed by atoms with Gasteiger partial charge in [0.15, 0.2) is 5.06 Å². The van der Waals surface area contributed by atoms with Crippen LogP contribution >= 0.6 is 11.3 Å². The number of halogens is 3. The number of alkyl halides is 3. The van der Waals surface area contributed by atoms with Gasteiger partial charge >= 0.3 is 12.1 Å². The van der Waals surface area contributed by atoms with E-state index in [1.165, 1.54) is 35.6 Å². The first kappa shape index (κ1) is 21.6. The SMILES string of the molecule is C[C@H]1[C@H](NC(=O)c2ccc(Oc3ccc(NC(=O)C(F)(F)F)cc3)s2)C2CCN1CC2. The summed E-state index contributed by atoms with van der Waals surface area (Å²) in [4.78, 5) is 26.6. The molecule has 0 aliphatic carbocycles. The first-order valence-corrected chi connectivity index (χ1v) is 10.8. The zero-order chi connectivity index (χ0) is 22.2. The number of hydrogen-bond donors (Lipinski definition) is 2. The van der Waals surface area contributed by atoms with Gasteiger partial charge in [-0.15, -0.1) is 0 Å². The summed E-state index contributed by atoms with van der Waals surface area (Å²) in [6.45, 7) is 4.34. The number of hydrogen-bond acceptors (Lipinski definition) is 5. The van der Waals surface area contributed by atoms with Crippen molar-refractivity contribution in [1.82, 2.24) is 10.2 Å². The van der Waals surface area contributed by atoms with Gasteiger partial charge in [-0.1, -0.05) is 11.3 Å². The average molecular weight is 453 g/mol. The van der Waals surface area contributed by atoms with Crippen molar-refractivity contribution in [2.75, 3.05) is 18.4 Å². The summed E-state index contributed by atoms with van der Waals surface area (Å²) < 4.78 is 42.6. The molecule has 4 heterocycles. The van der Waals surface area contributed by atoms with Gasteiger partial charge in [0.05, 0.1) is 4.88 Å². The predicted molar refractivity (Wildman–Crippen MR) is 111 cm³/mol. The molecule has 6 nitrogen and oxygen atoms in total. The number of piperidine rings is 3. The zero-order valence-electron chi connectivity index (χ0n) is 16.7. The van der Waals surface area contributed by atoms with Crippen LogP contribution in [0, 0.1) is 5.92 Å². The maximum absolute atomic E-state index is 12.7. The van der Waals surface area contributed by atoms with Crippen LogP contribution in [0.15, 0.2) is 36.4 Å². The molecular formula is C21H22F3N3O3S. The van der Waals surface area contributed by atoms with Crippen molar-refractivity contribution in [2.45, 2.75) is 38.0 Å². The number of rotatable bonds is 5. The quantitative estimate of drug-likeness (QED) is 0.710. The smallest absolute Gasteiger partial charge is 0.447 e. The molecule has 3 saturated heterocycles. The molecule has 0 unspecified atom stereocenters. The second kappa shape index (κ2) is 8.51. The third kappa shape index (κ3) is 4.85. The zero-order valence-corrected chi connectivity index (χ0v) is 17.6. The fraction of sp³-hybridized carbons (Fsp3) is 0.429. The number of fused-ring (bicyclic) bond motifs is 3. The van der Waals surface area contributed by atoms with Crippen molar-refractivity contribution in [3.05, 3.63) is 41.3 Å². The minimum Gasteiger partial charge on any atom is -0.447 e. The Hall–Kier alpha value is -2.59. The van der Waals surface area contributed by atoms with E-state index in [1.807, 2.05) is 0 Å². The van der Waals surface area contributed by atoms with Crippen LogP contribution < -0.4 is 15.4 Å². The Morgan fingerprint density at radius 3 is 2.39 bits per heavy atom. The number of nitrogens with zero attached hydrogens (tertiary/aromatic N) is 1. The van der Waals surface area contributed by atoms with E-state index in [9.17, 15) is 22.8 Å². The highest BCUT2D eigenvalue weighted by Gasteiger charge is 2.40. The van der Waals surface area contributed by atoms with Crippen LogP contribution in [0.25, 0.3) is 0 Å². The fourth-order valence-corrected chi connectivity index (χ4v) is 4.97. The van der Waals surface area contributed by atoms with Gasteiger partial charge in [0, 0.05) is 17.8 Å². The molecule has 0 spiro atoms. The molecule has 2 aromatic rings. The van der Waals surface area contributed by atoms with E-state index >= 15 is 0 Å². The van der Waals surface area contributed by atoms with E-state index in [-0.39, 0.29) is 17.6 Å². The average Bonchev–Trinajstić information content (AvgIpc) is 3.20. The lowest BCUT2D eigenvalue weighted by Crippen LogP contribution is -2.62. The van der Waals surface area contributed by atoms with E-state index in [1.54, 1.807) is 17.4 Å². The van der Waals surface area contributed by atoms with Gasteiger partial charge in [0.2, 0.25) is 0 Å². The molecule has 2 amide bonds. The number of benzene rings is 1. The van der Waals surface area contributed by atoms with Gasteiger partial charge in [-0.2, -0.15) is 13.2 Å². The van der Waals surface area contributed by atoms with Crippen LogP contribution in [0.2, 0.25) is 0 Å². The molecule has 0 saturated carbocycles. The van der Waals surface area contributed by atoms with Gasteiger partial charge in [-0.25, -0.2) is 0 Å². The fourth-order valence-electron chi connectivity index (χ4n) is 4.19. The minimum absolute atomic E-state index is 0.00700. The lowest BCUT2D eigenvalue weighted by atomic mass is 9.79. The predicted octanol–water partition coefficient (Wildman–Crippen LogP) is 4.25.